The van der Waals surface area contributed by atoms with Crippen LogP contribution in [0.2, 0.25) is 0 Å². The lowest BCUT2D eigenvalue weighted by molar-refractivity contribution is 0.669. The van der Waals surface area contributed by atoms with E-state index in [-0.39, 0.29) is 0 Å². The van der Waals surface area contributed by atoms with Crippen molar-refractivity contribution in [3.05, 3.63) is 212 Å². The van der Waals surface area contributed by atoms with Crippen molar-refractivity contribution in [3.8, 4) is 45.0 Å². The van der Waals surface area contributed by atoms with Crippen LogP contribution in [0.25, 0.3) is 88.5 Å². The van der Waals surface area contributed by atoms with E-state index in [2.05, 4.69) is 181 Å². The first-order valence-electron chi connectivity index (χ1n) is 19.6. The quantitative estimate of drug-likeness (QED) is 0.163. The Morgan fingerprint density at radius 3 is 1.67 bits per heavy atom. The molecule has 0 fully saturated rings. The lowest BCUT2D eigenvalue weighted by atomic mass is 9.98. The van der Waals surface area contributed by atoms with Crippen LogP contribution in [0.5, 0.6) is 0 Å². The third-order valence-corrected chi connectivity index (χ3v) is 11.0. The second-order valence-electron chi connectivity index (χ2n) is 14.6. The smallest absolute Gasteiger partial charge is 0.160 e. The fraction of sp³-hybridized carbons (Fsp3) is 0. The van der Waals surface area contributed by atoms with Gasteiger partial charge in [0.2, 0.25) is 0 Å². The number of hydrogen-bond acceptors (Lipinski definition) is 4. The Bertz CT molecular complexity index is 3210. The number of benzene rings is 9. The minimum atomic E-state index is 0.671. The molecule has 4 heteroatoms. The van der Waals surface area contributed by atoms with Gasteiger partial charge in [-0.2, -0.15) is 0 Å². The number of para-hydroxylation sites is 1. The van der Waals surface area contributed by atoms with Crippen LogP contribution in [-0.2, 0) is 0 Å². The number of anilines is 3. The molecule has 0 atom stereocenters. The molecule has 0 aliphatic carbocycles. The number of fused-ring (bicyclic) bond motifs is 5. The summed E-state index contributed by atoms with van der Waals surface area (Å²) >= 11 is 0. The fourth-order valence-electron chi connectivity index (χ4n) is 8.18. The number of furan rings is 1. The lowest BCUT2D eigenvalue weighted by Crippen LogP contribution is -2.10. The molecule has 272 valence electrons. The second-order valence-corrected chi connectivity index (χ2v) is 14.6. The zero-order valence-corrected chi connectivity index (χ0v) is 31.5. The number of aromatic nitrogens is 2. The third kappa shape index (κ3) is 5.96. The van der Waals surface area contributed by atoms with Gasteiger partial charge < -0.3 is 9.32 Å². The summed E-state index contributed by atoms with van der Waals surface area (Å²) in [5.41, 5.74) is 11.6. The molecule has 11 rings (SSSR count). The van der Waals surface area contributed by atoms with Gasteiger partial charge in [-0.3, -0.25) is 0 Å². The van der Waals surface area contributed by atoms with Crippen molar-refractivity contribution in [1.29, 1.82) is 0 Å². The van der Waals surface area contributed by atoms with Crippen molar-refractivity contribution in [2.24, 2.45) is 0 Å². The van der Waals surface area contributed by atoms with Gasteiger partial charge in [-0.05, 0) is 93.3 Å². The Morgan fingerprint density at radius 1 is 0.379 bits per heavy atom. The molecule has 0 saturated carbocycles. The highest BCUT2D eigenvalue weighted by Crippen LogP contribution is 2.47. The lowest BCUT2D eigenvalue weighted by Gasteiger charge is -2.26. The van der Waals surface area contributed by atoms with Crippen molar-refractivity contribution in [3.63, 3.8) is 0 Å². The van der Waals surface area contributed by atoms with E-state index in [1.165, 1.54) is 16.3 Å². The third-order valence-electron chi connectivity index (χ3n) is 11.0. The molecule has 2 aromatic heterocycles. The summed E-state index contributed by atoms with van der Waals surface area (Å²) < 4.78 is 7.06. The van der Waals surface area contributed by atoms with Gasteiger partial charge in [-0.15, -0.1) is 0 Å². The molecule has 0 saturated heterocycles. The van der Waals surface area contributed by atoms with Crippen LogP contribution in [0.1, 0.15) is 0 Å². The van der Waals surface area contributed by atoms with Crippen LogP contribution >= 0.6 is 0 Å². The topological polar surface area (TPSA) is 42.2 Å². The van der Waals surface area contributed by atoms with Crippen LogP contribution in [0.4, 0.5) is 17.1 Å². The van der Waals surface area contributed by atoms with E-state index in [1.807, 2.05) is 36.4 Å². The van der Waals surface area contributed by atoms with Crippen LogP contribution in [0, 0.1) is 0 Å². The van der Waals surface area contributed by atoms with Gasteiger partial charge in [0.25, 0.3) is 0 Å². The van der Waals surface area contributed by atoms with Crippen LogP contribution in [0.15, 0.2) is 217 Å². The normalized spacial score (nSPS) is 11.4. The summed E-state index contributed by atoms with van der Waals surface area (Å²) in [7, 11) is 0. The highest BCUT2D eigenvalue weighted by molar-refractivity contribution is 6.19. The maximum atomic E-state index is 7.06. The molecule has 2 heterocycles. The average molecular weight is 742 g/mol. The largest absolute Gasteiger partial charge is 0.454 e. The van der Waals surface area contributed by atoms with E-state index < -0.39 is 0 Å². The maximum absolute atomic E-state index is 7.06. The van der Waals surface area contributed by atoms with E-state index in [1.54, 1.807) is 0 Å². The van der Waals surface area contributed by atoms with Crippen molar-refractivity contribution in [2.75, 3.05) is 4.90 Å². The van der Waals surface area contributed by atoms with Gasteiger partial charge in [0.05, 0.1) is 17.1 Å². The van der Waals surface area contributed by atoms with Gasteiger partial charge >= 0.3 is 0 Å². The first kappa shape index (κ1) is 33.5. The van der Waals surface area contributed by atoms with Crippen LogP contribution in [-0.4, -0.2) is 9.97 Å². The minimum absolute atomic E-state index is 0.671. The molecule has 0 amide bonds. The predicted octanol–water partition coefficient (Wildman–Crippen LogP) is 14.8. The minimum Gasteiger partial charge on any atom is -0.454 e. The molecule has 0 aliphatic heterocycles. The molecule has 11 aromatic rings. The Morgan fingerprint density at radius 2 is 0.948 bits per heavy atom. The van der Waals surface area contributed by atoms with E-state index >= 15 is 0 Å². The number of nitrogens with zero attached hydrogens (tertiary/aromatic N) is 3. The molecule has 0 radical (unpaired) electrons. The van der Waals surface area contributed by atoms with Crippen molar-refractivity contribution >= 4 is 60.5 Å². The van der Waals surface area contributed by atoms with Gasteiger partial charge in [0.1, 0.15) is 5.58 Å². The van der Waals surface area contributed by atoms with Crippen molar-refractivity contribution in [2.45, 2.75) is 0 Å². The second kappa shape index (κ2) is 14.0. The Labute approximate surface area is 335 Å². The maximum Gasteiger partial charge on any atom is 0.160 e. The Hall–Kier alpha value is -7.82. The molecular formula is C54H35N3O. The zero-order chi connectivity index (χ0) is 38.4. The summed E-state index contributed by atoms with van der Waals surface area (Å²) in [6.07, 6.45) is 0. The monoisotopic (exact) mass is 741 g/mol. The van der Waals surface area contributed by atoms with Gasteiger partial charge in [0.15, 0.2) is 11.4 Å². The molecule has 0 spiro atoms. The number of hydrogen-bond donors (Lipinski definition) is 0. The molecule has 0 N–H and O–H groups in total. The molecule has 0 aliphatic rings. The zero-order valence-electron chi connectivity index (χ0n) is 31.5. The molecule has 0 unspecified atom stereocenters. The predicted molar refractivity (Wildman–Crippen MR) is 241 cm³/mol. The highest BCUT2D eigenvalue weighted by atomic mass is 16.3. The first-order valence-corrected chi connectivity index (χ1v) is 19.6. The Balaban J connectivity index is 1.14. The van der Waals surface area contributed by atoms with Crippen LogP contribution < -0.4 is 4.90 Å². The van der Waals surface area contributed by atoms with Gasteiger partial charge in [0, 0.05) is 38.8 Å². The van der Waals surface area contributed by atoms with Gasteiger partial charge in [-0.1, -0.05) is 152 Å². The Kier molecular flexibility index (Phi) is 8.11. The summed E-state index contributed by atoms with van der Waals surface area (Å²) in [6.45, 7) is 0. The van der Waals surface area contributed by atoms with E-state index in [0.717, 1.165) is 83.4 Å². The van der Waals surface area contributed by atoms with E-state index in [4.69, 9.17) is 14.4 Å². The molecule has 58 heavy (non-hydrogen) atoms. The summed E-state index contributed by atoms with van der Waals surface area (Å²) in [5, 5.41) is 6.77. The number of rotatable bonds is 7. The SMILES string of the molecule is c1ccc(-c2cc(-c3ccc(N(c4ccccc4)c4ccc(-c5ccc6ccccc6c5)cc4)c4oc5cc6ccccc6cc5c34)nc(-c3ccccc3)n2)cc1. The summed E-state index contributed by atoms with van der Waals surface area (Å²) in [5.74, 6) is 0.671. The van der Waals surface area contributed by atoms with Gasteiger partial charge in [-0.25, -0.2) is 9.97 Å². The van der Waals surface area contributed by atoms with Crippen molar-refractivity contribution in [1.82, 2.24) is 9.97 Å². The van der Waals surface area contributed by atoms with E-state index in [0.29, 0.717) is 5.82 Å². The average Bonchev–Trinajstić information content (AvgIpc) is 3.68. The highest BCUT2D eigenvalue weighted by Gasteiger charge is 2.24. The first-order chi connectivity index (χ1) is 28.7. The van der Waals surface area contributed by atoms with Crippen molar-refractivity contribution < 1.29 is 4.42 Å². The molecule has 4 nitrogen and oxygen atoms in total. The molecule has 9 aromatic carbocycles. The molecule has 0 bridgehead atoms. The standard InChI is InChI=1S/C54H35N3O/c1-4-15-38(16-5-1)48-35-49(56-54(55-48)39-17-6-2-7-18-39)46-30-31-50(53-52(46)47-33-41-20-12-13-21-42(41)34-51(47)58-53)57(44-22-8-3-9-23-44)45-28-26-37(27-29-45)43-25-24-36-14-10-11-19-40(36)32-43/h1-35H. The summed E-state index contributed by atoms with van der Waals surface area (Å²) in [4.78, 5) is 12.7. The van der Waals surface area contributed by atoms with E-state index in [9.17, 15) is 0 Å². The molecular weight excluding hydrogens is 707 g/mol. The fourth-order valence-corrected chi connectivity index (χ4v) is 8.18. The van der Waals surface area contributed by atoms with Crippen LogP contribution in [0.3, 0.4) is 0 Å². The summed E-state index contributed by atoms with van der Waals surface area (Å²) in [6, 6.07) is 74.4.